The molecule has 0 radical (unpaired) electrons. The molecule has 0 bridgehead atoms. The lowest BCUT2D eigenvalue weighted by Gasteiger charge is -2.31. The van der Waals surface area contributed by atoms with Crippen LogP contribution >= 0.6 is 23.2 Å². The summed E-state index contributed by atoms with van der Waals surface area (Å²) in [5, 5.41) is 18.1. The molecule has 2 aromatic carbocycles. The van der Waals surface area contributed by atoms with Gasteiger partial charge in [-0.1, -0.05) is 29.3 Å². The third-order valence-electron chi connectivity index (χ3n) is 5.74. The summed E-state index contributed by atoms with van der Waals surface area (Å²) in [6.07, 6.45) is 2.50. The molecule has 1 atom stereocenters. The number of phenols is 1. The normalized spacial score (nSPS) is 15.7. The fourth-order valence-corrected chi connectivity index (χ4v) is 4.68. The van der Waals surface area contributed by atoms with Crippen LogP contribution in [0, 0.1) is 5.92 Å². The van der Waals surface area contributed by atoms with Crippen molar-refractivity contribution in [2.24, 2.45) is 5.92 Å². The number of nitrogens with zero attached hydrogens (tertiary/aromatic N) is 1. The van der Waals surface area contributed by atoms with Crippen LogP contribution in [-0.2, 0) is 11.2 Å². The number of nitrogens with one attached hydrogen (secondary N) is 3. The largest absolute Gasteiger partial charge is 0.506 e. The van der Waals surface area contributed by atoms with Crippen molar-refractivity contribution < 1.29 is 14.6 Å². The summed E-state index contributed by atoms with van der Waals surface area (Å²) in [5.41, 5.74) is 2.37. The zero-order chi connectivity index (χ0) is 22.0. The van der Waals surface area contributed by atoms with Gasteiger partial charge in [0, 0.05) is 11.1 Å². The lowest BCUT2D eigenvalue weighted by atomic mass is 9.86. The number of carbonyl (C=O) groups excluding carboxylic acids is 1. The Morgan fingerprint density at radius 3 is 2.84 bits per heavy atom. The van der Waals surface area contributed by atoms with E-state index in [1.807, 2.05) is 6.07 Å². The first-order chi connectivity index (χ1) is 15.0. The minimum Gasteiger partial charge on any atom is -0.506 e. The third kappa shape index (κ3) is 4.74. The SMILES string of the molecule is COC(=O)c1cccc2[nH]c(NC(Cc3cc(Cl)cc(Cl)c3O)C3CCNCC3)nc12. The number of hydrogen-bond acceptors (Lipinski definition) is 6. The quantitative estimate of drug-likeness (QED) is 0.405. The van der Waals surface area contributed by atoms with E-state index in [1.54, 1.807) is 18.2 Å². The number of halogens is 2. The summed E-state index contributed by atoms with van der Waals surface area (Å²) in [6, 6.07) is 8.59. The Kier molecular flexibility index (Phi) is 6.55. The highest BCUT2D eigenvalue weighted by Gasteiger charge is 2.26. The first-order valence-electron chi connectivity index (χ1n) is 10.2. The Morgan fingerprint density at radius 2 is 2.10 bits per heavy atom. The topological polar surface area (TPSA) is 99.3 Å². The predicted octanol–water partition coefficient (Wildman–Crippen LogP) is 4.38. The number of aromatic amines is 1. The highest BCUT2D eigenvalue weighted by atomic mass is 35.5. The van der Waals surface area contributed by atoms with Crippen molar-refractivity contribution >= 4 is 46.2 Å². The number of rotatable bonds is 6. The zero-order valence-electron chi connectivity index (χ0n) is 17.0. The number of fused-ring (bicyclic) bond motifs is 1. The molecular weight excluding hydrogens is 439 g/mol. The third-order valence-corrected chi connectivity index (χ3v) is 6.25. The number of phenolic OH excluding ortho intramolecular Hbond substituents is 1. The second kappa shape index (κ2) is 9.34. The van der Waals surface area contributed by atoms with Crippen molar-refractivity contribution in [2.75, 3.05) is 25.5 Å². The number of hydrogen-bond donors (Lipinski definition) is 4. The number of piperidine rings is 1. The van der Waals surface area contributed by atoms with Gasteiger partial charge in [0.25, 0.3) is 0 Å². The summed E-state index contributed by atoms with van der Waals surface area (Å²) in [5.74, 6) is 0.524. The summed E-state index contributed by atoms with van der Waals surface area (Å²) < 4.78 is 4.87. The lowest BCUT2D eigenvalue weighted by molar-refractivity contribution is 0.0603. The van der Waals surface area contributed by atoms with E-state index in [0.29, 0.717) is 40.0 Å². The maximum absolute atomic E-state index is 12.1. The number of para-hydroxylation sites is 1. The molecule has 7 nitrogen and oxygen atoms in total. The summed E-state index contributed by atoms with van der Waals surface area (Å²) in [4.78, 5) is 20.0. The summed E-state index contributed by atoms with van der Waals surface area (Å²) >= 11 is 12.3. The van der Waals surface area contributed by atoms with Crippen molar-refractivity contribution in [1.82, 2.24) is 15.3 Å². The van der Waals surface area contributed by atoms with Gasteiger partial charge in [0.2, 0.25) is 5.95 Å². The molecule has 4 rings (SSSR count). The number of esters is 1. The average molecular weight is 463 g/mol. The lowest BCUT2D eigenvalue weighted by Crippen LogP contribution is -2.39. The number of H-pyrrole nitrogens is 1. The molecule has 0 aliphatic carbocycles. The maximum Gasteiger partial charge on any atom is 0.340 e. The molecule has 0 saturated carbocycles. The van der Waals surface area contributed by atoms with Gasteiger partial charge >= 0.3 is 5.97 Å². The number of methoxy groups -OCH3 is 1. The molecule has 31 heavy (non-hydrogen) atoms. The minimum absolute atomic E-state index is 0.0235. The van der Waals surface area contributed by atoms with Crippen LogP contribution in [0.25, 0.3) is 11.0 Å². The maximum atomic E-state index is 12.1. The fraction of sp³-hybridized carbons (Fsp3) is 0.364. The number of benzene rings is 2. The molecular formula is C22H24Cl2N4O3. The van der Waals surface area contributed by atoms with Crippen molar-refractivity contribution in [3.8, 4) is 5.75 Å². The van der Waals surface area contributed by atoms with E-state index in [0.717, 1.165) is 31.4 Å². The first kappa shape index (κ1) is 21.7. The van der Waals surface area contributed by atoms with E-state index >= 15 is 0 Å². The van der Waals surface area contributed by atoms with Crippen molar-refractivity contribution in [3.05, 3.63) is 51.5 Å². The Morgan fingerprint density at radius 1 is 1.32 bits per heavy atom. The predicted molar refractivity (Wildman–Crippen MR) is 122 cm³/mol. The number of aromatic nitrogens is 2. The van der Waals surface area contributed by atoms with E-state index in [9.17, 15) is 9.90 Å². The van der Waals surface area contributed by atoms with Crippen LogP contribution in [0.4, 0.5) is 5.95 Å². The van der Waals surface area contributed by atoms with E-state index in [4.69, 9.17) is 27.9 Å². The molecule has 1 aliphatic rings. The van der Waals surface area contributed by atoms with Crippen LogP contribution in [0.2, 0.25) is 10.0 Å². The average Bonchev–Trinajstić information content (AvgIpc) is 3.19. The second-order valence-electron chi connectivity index (χ2n) is 7.72. The second-order valence-corrected chi connectivity index (χ2v) is 8.56. The van der Waals surface area contributed by atoms with Crippen LogP contribution in [0.15, 0.2) is 30.3 Å². The van der Waals surface area contributed by atoms with Gasteiger partial charge in [-0.05, 0) is 68.1 Å². The van der Waals surface area contributed by atoms with Gasteiger partial charge in [0.15, 0.2) is 0 Å². The van der Waals surface area contributed by atoms with E-state index < -0.39 is 5.97 Å². The van der Waals surface area contributed by atoms with Gasteiger partial charge in [-0.2, -0.15) is 0 Å². The van der Waals surface area contributed by atoms with Gasteiger partial charge in [-0.15, -0.1) is 0 Å². The van der Waals surface area contributed by atoms with Gasteiger partial charge in [-0.25, -0.2) is 9.78 Å². The van der Waals surface area contributed by atoms with Gasteiger partial charge in [0.05, 0.1) is 23.2 Å². The van der Waals surface area contributed by atoms with E-state index in [-0.39, 0.29) is 16.8 Å². The smallest absolute Gasteiger partial charge is 0.340 e. The Hall–Kier alpha value is -2.48. The summed E-state index contributed by atoms with van der Waals surface area (Å²) in [6.45, 7) is 1.86. The van der Waals surface area contributed by atoms with Crippen LogP contribution in [0.5, 0.6) is 5.75 Å². The Labute approximate surface area is 190 Å². The number of ether oxygens (including phenoxy) is 1. The van der Waals surface area contributed by atoms with Gasteiger partial charge in [-0.3, -0.25) is 0 Å². The van der Waals surface area contributed by atoms with Crippen molar-refractivity contribution in [3.63, 3.8) is 0 Å². The highest BCUT2D eigenvalue weighted by Crippen LogP contribution is 2.34. The number of carbonyl (C=O) groups is 1. The monoisotopic (exact) mass is 462 g/mol. The van der Waals surface area contributed by atoms with Crippen LogP contribution in [0.1, 0.15) is 28.8 Å². The fourth-order valence-electron chi connectivity index (χ4n) is 4.14. The van der Waals surface area contributed by atoms with E-state index in [2.05, 4.69) is 20.6 Å². The number of imidazole rings is 1. The first-order valence-corrected chi connectivity index (χ1v) is 10.9. The standard InChI is InChI=1S/C22H24Cl2N4O3/c1-31-21(30)15-3-2-4-17-19(15)28-22(26-17)27-18(12-5-7-25-8-6-12)10-13-9-14(23)11-16(24)20(13)29/h2-4,9,11-12,18,25,29H,5-8,10H2,1H3,(H2,26,27,28). The van der Waals surface area contributed by atoms with Gasteiger partial charge in [0.1, 0.15) is 11.3 Å². The molecule has 3 aromatic rings. The molecule has 1 aliphatic heterocycles. The minimum atomic E-state index is -0.433. The summed E-state index contributed by atoms with van der Waals surface area (Å²) in [7, 11) is 1.35. The van der Waals surface area contributed by atoms with Crippen molar-refractivity contribution in [2.45, 2.75) is 25.3 Å². The molecule has 1 saturated heterocycles. The van der Waals surface area contributed by atoms with Crippen LogP contribution < -0.4 is 10.6 Å². The Bertz CT molecular complexity index is 1100. The van der Waals surface area contributed by atoms with Crippen LogP contribution in [0.3, 0.4) is 0 Å². The molecule has 1 fully saturated rings. The molecule has 0 spiro atoms. The van der Waals surface area contributed by atoms with Crippen molar-refractivity contribution in [1.29, 1.82) is 0 Å². The zero-order valence-corrected chi connectivity index (χ0v) is 18.6. The van der Waals surface area contributed by atoms with Crippen LogP contribution in [-0.4, -0.2) is 47.3 Å². The molecule has 0 amide bonds. The molecule has 1 aromatic heterocycles. The molecule has 9 heteroatoms. The Balaban J connectivity index is 1.66. The molecule has 1 unspecified atom stereocenters. The number of aromatic hydroxyl groups is 1. The number of anilines is 1. The van der Waals surface area contributed by atoms with Gasteiger partial charge < -0.3 is 25.5 Å². The molecule has 164 valence electrons. The van der Waals surface area contributed by atoms with E-state index in [1.165, 1.54) is 13.2 Å². The highest BCUT2D eigenvalue weighted by molar-refractivity contribution is 6.35. The molecule has 2 heterocycles. The molecule has 4 N–H and O–H groups in total.